The second-order valence-corrected chi connectivity index (χ2v) is 6.60. The Balaban J connectivity index is 2.26. The first-order valence-corrected chi connectivity index (χ1v) is 8.09. The molecule has 0 amide bonds. The Kier molecular flexibility index (Phi) is 3.82. The fourth-order valence-corrected chi connectivity index (χ4v) is 3.87. The molecular weight excluding hydrogens is 302 g/mol. The zero-order valence-electron chi connectivity index (χ0n) is 12.2. The number of methoxy groups -OCH3 is 1. The zero-order valence-corrected chi connectivity index (χ0v) is 13.8. The van der Waals surface area contributed by atoms with Gasteiger partial charge in [0.05, 0.1) is 18.7 Å². The molecule has 110 valence electrons. The fourth-order valence-electron chi connectivity index (χ4n) is 2.57. The van der Waals surface area contributed by atoms with Crippen molar-refractivity contribution in [3.8, 4) is 5.88 Å². The van der Waals surface area contributed by atoms with E-state index in [9.17, 15) is 0 Å². The summed E-state index contributed by atoms with van der Waals surface area (Å²) in [5.74, 6) is 1.00. The standard InChI is InChI=1S/C15H17N3OS2/c1-9(2)13(11-5-4-8-21-11)18-14-10(16-15(18)20)6-7-12(17-14)19-3/h4-9,13H,1-3H3,(H,16,20). The Morgan fingerprint density at radius 3 is 2.76 bits per heavy atom. The van der Waals surface area contributed by atoms with E-state index in [0.29, 0.717) is 16.6 Å². The number of ether oxygens (including phenoxy) is 1. The first-order chi connectivity index (χ1) is 10.1. The number of nitrogens with one attached hydrogen (secondary N) is 1. The number of imidazole rings is 1. The van der Waals surface area contributed by atoms with Gasteiger partial charge in [-0.25, -0.2) is 0 Å². The van der Waals surface area contributed by atoms with Gasteiger partial charge in [-0.3, -0.25) is 4.57 Å². The summed E-state index contributed by atoms with van der Waals surface area (Å²) >= 11 is 7.28. The van der Waals surface area contributed by atoms with Crippen LogP contribution in [0.25, 0.3) is 11.2 Å². The number of H-pyrrole nitrogens is 1. The summed E-state index contributed by atoms with van der Waals surface area (Å²) in [6, 6.07) is 8.19. The SMILES string of the molecule is COc1ccc2[nH]c(=S)n(C(c3cccs3)C(C)C)c2n1. The van der Waals surface area contributed by atoms with Gasteiger partial charge in [0, 0.05) is 10.9 Å². The Bertz CT molecular complexity index is 802. The second kappa shape index (κ2) is 5.61. The van der Waals surface area contributed by atoms with Gasteiger partial charge < -0.3 is 9.72 Å². The number of aromatic amines is 1. The van der Waals surface area contributed by atoms with E-state index in [1.54, 1.807) is 18.4 Å². The van der Waals surface area contributed by atoms with Crippen molar-refractivity contribution >= 4 is 34.7 Å². The van der Waals surface area contributed by atoms with Crippen LogP contribution in [0, 0.1) is 10.7 Å². The van der Waals surface area contributed by atoms with Gasteiger partial charge in [-0.15, -0.1) is 11.3 Å². The largest absolute Gasteiger partial charge is 0.481 e. The van der Waals surface area contributed by atoms with Crippen LogP contribution in [0.4, 0.5) is 0 Å². The quantitative estimate of drug-likeness (QED) is 0.724. The lowest BCUT2D eigenvalue weighted by Crippen LogP contribution is -2.16. The van der Waals surface area contributed by atoms with Crippen LogP contribution in [-0.2, 0) is 0 Å². The molecule has 1 N–H and O–H groups in total. The van der Waals surface area contributed by atoms with E-state index in [-0.39, 0.29) is 6.04 Å². The summed E-state index contributed by atoms with van der Waals surface area (Å²) in [6.45, 7) is 4.40. The Morgan fingerprint density at radius 2 is 2.14 bits per heavy atom. The van der Waals surface area contributed by atoms with Gasteiger partial charge in [-0.2, -0.15) is 4.98 Å². The van der Waals surface area contributed by atoms with Gasteiger partial charge in [0.2, 0.25) is 5.88 Å². The highest BCUT2D eigenvalue weighted by Crippen LogP contribution is 2.33. The van der Waals surface area contributed by atoms with Crippen LogP contribution < -0.4 is 4.74 Å². The number of hydrogen-bond acceptors (Lipinski definition) is 4. The van der Waals surface area contributed by atoms with E-state index in [1.165, 1.54) is 4.88 Å². The van der Waals surface area contributed by atoms with Crippen LogP contribution in [-0.4, -0.2) is 21.6 Å². The van der Waals surface area contributed by atoms with Gasteiger partial charge in [0.1, 0.15) is 0 Å². The molecule has 0 fully saturated rings. The van der Waals surface area contributed by atoms with Crippen molar-refractivity contribution in [3.05, 3.63) is 39.3 Å². The lowest BCUT2D eigenvalue weighted by atomic mass is 10.0. The molecule has 0 bridgehead atoms. The number of nitrogens with zero attached hydrogens (tertiary/aromatic N) is 2. The molecule has 0 aliphatic rings. The lowest BCUT2D eigenvalue weighted by molar-refractivity contribution is 0.397. The van der Waals surface area contributed by atoms with Crippen molar-refractivity contribution in [3.63, 3.8) is 0 Å². The number of fused-ring (bicyclic) bond motifs is 1. The number of thiophene rings is 1. The summed E-state index contributed by atoms with van der Waals surface area (Å²) < 4.78 is 8.04. The highest BCUT2D eigenvalue weighted by molar-refractivity contribution is 7.71. The molecule has 6 heteroatoms. The average molecular weight is 319 g/mol. The van der Waals surface area contributed by atoms with Crippen LogP contribution in [0.5, 0.6) is 5.88 Å². The molecule has 0 spiro atoms. The molecule has 3 rings (SSSR count). The fraction of sp³-hybridized carbons (Fsp3) is 0.333. The first kappa shape index (κ1) is 14.3. The maximum atomic E-state index is 5.53. The molecule has 3 aromatic rings. The number of aromatic nitrogens is 3. The predicted molar refractivity (Wildman–Crippen MR) is 88.8 cm³/mol. The lowest BCUT2D eigenvalue weighted by Gasteiger charge is -2.21. The van der Waals surface area contributed by atoms with Crippen molar-refractivity contribution in [2.75, 3.05) is 7.11 Å². The predicted octanol–water partition coefficient (Wildman–Crippen LogP) is 4.41. The molecule has 3 heterocycles. The highest BCUT2D eigenvalue weighted by Gasteiger charge is 2.23. The minimum absolute atomic E-state index is 0.172. The molecule has 21 heavy (non-hydrogen) atoms. The molecule has 1 unspecified atom stereocenters. The Morgan fingerprint density at radius 1 is 1.33 bits per heavy atom. The van der Waals surface area contributed by atoms with Crippen molar-refractivity contribution in [2.45, 2.75) is 19.9 Å². The van der Waals surface area contributed by atoms with E-state index < -0.39 is 0 Å². The minimum Gasteiger partial charge on any atom is -0.481 e. The normalized spacial score (nSPS) is 13.0. The molecule has 0 radical (unpaired) electrons. The van der Waals surface area contributed by atoms with Gasteiger partial charge >= 0.3 is 0 Å². The molecular formula is C15H17N3OS2. The maximum Gasteiger partial charge on any atom is 0.215 e. The molecule has 0 aromatic carbocycles. The van der Waals surface area contributed by atoms with Gasteiger partial charge in [-0.1, -0.05) is 19.9 Å². The summed E-state index contributed by atoms with van der Waals surface area (Å²) in [5.41, 5.74) is 1.77. The Labute approximate surface area is 132 Å². The molecule has 3 aromatic heterocycles. The van der Waals surface area contributed by atoms with Crippen molar-refractivity contribution < 1.29 is 4.74 Å². The summed E-state index contributed by atoms with van der Waals surface area (Å²) in [7, 11) is 1.62. The third kappa shape index (κ3) is 2.49. The van der Waals surface area contributed by atoms with E-state index >= 15 is 0 Å². The van der Waals surface area contributed by atoms with Gasteiger partial charge in [0.15, 0.2) is 10.4 Å². The summed E-state index contributed by atoms with van der Waals surface area (Å²) in [4.78, 5) is 9.10. The summed E-state index contributed by atoms with van der Waals surface area (Å²) in [6.07, 6.45) is 0. The topological polar surface area (TPSA) is 42.8 Å². The minimum atomic E-state index is 0.172. The molecule has 0 aliphatic carbocycles. The molecule has 0 saturated heterocycles. The smallest absolute Gasteiger partial charge is 0.215 e. The monoisotopic (exact) mass is 319 g/mol. The first-order valence-electron chi connectivity index (χ1n) is 6.80. The maximum absolute atomic E-state index is 5.53. The molecule has 0 saturated carbocycles. The third-order valence-corrected chi connectivity index (χ3v) is 4.73. The van der Waals surface area contributed by atoms with Crippen LogP contribution in [0.15, 0.2) is 29.6 Å². The van der Waals surface area contributed by atoms with Crippen LogP contribution in [0.2, 0.25) is 0 Å². The average Bonchev–Trinajstić information content (AvgIpc) is 3.07. The number of pyridine rings is 1. The van der Waals surface area contributed by atoms with Crippen LogP contribution >= 0.6 is 23.6 Å². The Hall–Kier alpha value is -1.66. The molecule has 0 aliphatic heterocycles. The van der Waals surface area contributed by atoms with Crippen molar-refractivity contribution in [2.24, 2.45) is 5.92 Å². The van der Waals surface area contributed by atoms with Crippen molar-refractivity contribution in [1.82, 2.24) is 14.5 Å². The van der Waals surface area contributed by atoms with Crippen LogP contribution in [0.1, 0.15) is 24.8 Å². The zero-order chi connectivity index (χ0) is 15.0. The van der Waals surface area contributed by atoms with Gasteiger partial charge in [-0.05, 0) is 35.6 Å². The number of hydrogen-bond donors (Lipinski definition) is 1. The van der Waals surface area contributed by atoms with Crippen molar-refractivity contribution in [1.29, 1.82) is 0 Å². The van der Waals surface area contributed by atoms with Gasteiger partial charge in [0.25, 0.3) is 0 Å². The third-order valence-electron chi connectivity index (χ3n) is 3.49. The van der Waals surface area contributed by atoms with E-state index in [0.717, 1.165) is 11.2 Å². The second-order valence-electron chi connectivity index (χ2n) is 5.23. The van der Waals surface area contributed by atoms with E-state index in [2.05, 4.69) is 45.9 Å². The molecule has 4 nitrogen and oxygen atoms in total. The summed E-state index contributed by atoms with van der Waals surface area (Å²) in [5, 5.41) is 2.09. The highest BCUT2D eigenvalue weighted by atomic mass is 32.1. The number of rotatable bonds is 4. The van der Waals surface area contributed by atoms with Crippen LogP contribution in [0.3, 0.4) is 0 Å². The van der Waals surface area contributed by atoms with E-state index in [4.69, 9.17) is 17.0 Å². The molecule has 1 atom stereocenters. The van der Waals surface area contributed by atoms with E-state index in [1.807, 2.05) is 12.1 Å².